The molecule has 5 rings (SSSR count). The van der Waals surface area contributed by atoms with Crippen LogP contribution in [0, 0.1) is 11.6 Å². The van der Waals surface area contributed by atoms with Crippen LogP contribution in [-0.2, 0) is 4.79 Å². The summed E-state index contributed by atoms with van der Waals surface area (Å²) in [4.78, 5) is 25.0. The van der Waals surface area contributed by atoms with Crippen molar-refractivity contribution in [3.63, 3.8) is 0 Å². The van der Waals surface area contributed by atoms with Gasteiger partial charge in [-0.05, 0) is 36.9 Å². The van der Waals surface area contributed by atoms with Crippen LogP contribution in [0.5, 0.6) is 11.8 Å². The molecular weight excluding hydrogens is 623 g/mol. The third kappa shape index (κ3) is 5.89. The number of fused-ring (bicyclic) bond motifs is 2. The van der Waals surface area contributed by atoms with Crippen molar-refractivity contribution in [2.45, 2.75) is 44.5 Å². The molecule has 0 saturated carbocycles. The predicted octanol–water partition coefficient (Wildman–Crippen LogP) is 6.51. The van der Waals surface area contributed by atoms with Gasteiger partial charge in [0, 0.05) is 42.5 Å². The molecule has 4 aromatic rings. The highest BCUT2D eigenvalue weighted by Gasteiger charge is 2.39. The highest BCUT2D eigenvalue weighted by Crippen LogP contribution is 2.43. The van der Waals surface area contributed by atoms with Gasteiger partial charge >= 0.3 is 12.2 Å². The van der Waals surface area contributed by atoms with E-state index < -0.39 is 87.6 Å². The van der Waals surface area contributed by atoms with Crippen molar-refractivity contribution in [3.05, 3.63) is 46.6 Å². The second-order valence-corrected chi connectivity index (χ2v) is 10.7. The average Bonchev–Trinajstić information content (AvgIpc) is 2.96. The number of benzene rings is 2. The van der Waals surface area contributed by atoms with E-state index in [1.165, 1.54) is 17.0 Å². The van der Waals surface area contributed by atoms with Crippen molar-refractivity contribution in [2.75, 3.05) is 25.1 Å². The number of phenols is 1. The van der Waals surface area contributed by atoms with Crippen molar-refractivity contribution in [3.8, 4) is 23.0 Å². The number of hydrogen-bond acceptors (Lipinski definition) is 8. The number of nitrogens with one attached hydrogen (secondary N) is 1. The van der Waals surface area contributed by atoms with Gasteiger partial charge in [0.15, 0.2) is 5.82 Å². The highest BCUT2D eigenvalue weighted by molar-refractivity contribution is 6.37. The molecule has 2 N–H and O–H groups in total. The summed E-state index contributed by atoms with van der Waals surface area (Å²) in [6, 6.07) is 3.00. The first-order valence-corrected chi connectivity index (χ1v) is 13.5. The van der Waals surface area contributed by atoms with Gasteiger partial charge in [0.05, 0.1) is 17.5 Å². The number of ether oxygens (including phenoxy) is 1. The SMILES string of the molecule is COc1nc(N2CC(C)NC(CCC(=O)C(F)(F)F)C2)c2c(C(F)F)nc(-c3cc(O)cc4ccc(F)c(Cl)c34)c(F)c2n1. The summed E-state index contributed by atoms with van der Waals surface area (Å²) in [5.41, 5.74) is -2.57. The number of phenolic OH excluding ortho intramolecular Hbond substituents is 1. The number of Topliss-reactive ketones (excluding diaryl/α,β-unsaturated/α-hetero) is 1. The number of rotatable bonds is 7. The zero-order chi connectivity index (χ0) is 32.1. The van der Waals surface area contributed by atoms with Gasteiger partial charge in [-0.25, -0.2) is 22.5 Å². The Labute approximate surface area is 249 Å². The smallest absolute Gasteiger partial charge is 0.449 e. The zero-order valence-corrected chi connectivity index (χ0v) is 23.7. The molecule has 234 valence electrons. The first kappa shape index (κ1) is 31.4. The van der Waals surface area contributed by atoms with E-state index in [9.17, 15) is 36.2 Å². The van der Waals surface area contributed by atoms with Crippen molar-refractivity contribution < 1.29 is 45.4 Å². The summed E-state index contributed by atoms with van der Waals surface area (Å²) < 4.78 is 104. The number of piperazine rings is 1. The number of aromatic nitrogens is 3. The van der Waals surface area contributed by atoms with Crippen LogP contribution in [0.3, 0.4) is 0 Å². The molecule has 1 aliphatic rings. The standard InChI is InChI=1S/C28H23ClF7N5O3/c1-11-9-41(10-13(37-11)4-6-17(43)28(34,35)36)26-19-23(39-27(40-26)44-2)21(31)22(38-24(19)25(32)33)15-8-14(42)7-12-3-5-16(30)20(29)18(12)15/h3,5,7-8,11,13,25,37,42H,4,6,9-10H2,1-2H3. The molecule has 1 aliphatic heterocycles. The van der Waals surface area contributed by atoms with Crippen LogP contribution < -0.4 is 15.0 Å². The van der Waals surface area contributed by atoms with E-state index >= 15 is 4.39 Å². The summed E-state index contributed by atoms with van der Waals surface area (Å²) in [5, 5.41) is 12.5. The molecule has 3 heterocycles. The quantitative estimate of drug-likeness (QED) is 0.220. The summed E-state index contributed by atoms with van der Waals surface area (Å²) in [5.74, 6) is -4.64. The Hall–Kier alpha value is -3.98. The van der Waals surface area contributed by atoms with E-state index in [-0.39, 0.29) is 41.7 Å². The molecule has 0 bridgehead atoms. The van der Waals surface area contributed by atoms with Crippen LogP contribution in [0.1, 0.15) is 31.9 Å². The Kier molecular flexibility index (Phi) is 8.46. The molecule has 2 unspecified atom stereocenters. The Balaban J connectivity index is 1.70. The number of ketones is 1. The monoisotopic (exact) mass is 645 g/mol. The van der Waals surface area contributed by atoms with Crippen LogP contribution in [0.4, 0.5) is 36.6 Å². The van der Waals surface area contributed by atoms with Gasteiger partial charge in [-0.1, -0.05) is 17.7 Å². The van der Waals surface area contributed by atoms with Gasteiger partial charge < -0.3 is 20.1 Å². The number of hydrogen-bond donors (Lipinski definition) is 2. The lowest BCUT2D eigenvalue weighted by molar-refractivity contribution is -0.171. The van der Waals surface area contributed by atoms with Crippen LogP contribution in [0.2, 0.25) is 5.02 Å². The van der Waals surface area contributed by atoms with Crippen molar-refractivity contribution in [1.82, 2.24) is 20.3 Å². The second kappa shape index (κ2) is 11.8. The average molecular weight is 646 g/mol. The first-order valence-electron chi connectivity index (χ1n) is 13.1. The maximum Gasteiger partial charge on any atom is 0.449 e. The van der Waals surface area contributed by atoms with Crippen LogP contribution in [-0.4, -0.2) is 64.3 Å². The van der Waals surface area contributed by atoms with E-state index in [1.54, 1.807) is 6.92 Å². The van der Waals surface area contributed by atoms with E-state index in [2.05, 4.69) is 20.3 Å². The summed E-state index contributed by atoms with van der Waals surface area (Å²) in [6.07, 6.45) is -9.35. The molecule has 8 nitrogen and oxygen atoms in total. The minimum atomic E-state index is -5.00. The number of nitrogens with zero attached hydrogens (tertiary/aromatic N) is 4. The molecule has 1 fully saturated rings. The number of halogens is 8. The largest absolute Gasteiger partial charge is 0.508 e. The van der Waals surface area contributed by atoms with Crippen LogP contribution in [0.15, 0.2) is 24.3 Å². The van der Waals surface area contributed by atoms with E-state index in [1.807, 2.05) is 0 Å². The van der Waals surface area contributed by atoms with Crippen molar-refractivity contribution >= 4 is 44.9 Å². The fraction of sp³-hybridized carbons (Fsp3) is 0.357. The number of anilines is 1. The highest BCUT2D eigenvalue weighted by atomic mass is 35.5. The maximum atomic E-state index is 16.4. The van der Waals surface area contributed by atoms with Crippen molar-refractivity contribution in [2.24, 2.45) is 0 Å². The van der Waals surface area contributed by atoms with Crippen LogP contribution >= 0.6 is 11.6 Å². The number of carbonyl (C=O) groups is 1. The Bertz CT molecular complexity index is 1770. The normalized spacial score (nSPS) is 17.6. The first-order chi connectivity index (χ1) is 20.7. The van der Waals surface area contributed by atoms with Gasteiger partial charge in [0.2, 0.25) is 5.78 Å². The van der Waals surface area contributed by atoms with Gasteiger partial charge in [-0.2, -0.15) is 23.1 Å². The molecule has 44 heavy (non-hydrogen) atoms. The van der Waals surface area contributed by atoms with Crippen LogP contribution in [0.25, 0.3) is 32.9 Å². The minimum Gasteiger partial charge on any atom is -0.508 e. The van der Waals surface area contributed by atoms with Crippen molar-refractivity contribution in [1.29, 1.82) is 0 Å². The topological polar surface area (TPSA) is 100 Å². The molecule has 0 aliphatic carbocycles. The van der Waals surface area contributed by atoms with E-state index in [0.29, 0.717) is 0 Å². The van der Waals surface area contributed by atoms with E-state index in [4.69, 9.17) is 16.3 Å². The number of methoxy groups -OCH3 is 1. The third-order valence-corrected chi connectivity index (χ3v) is 7.57. The van der Waals surface area contributed by atoms with E-state index in [0.717, 1.165) is 19.2 Å². The molecule has 0 spiro atoms. The molecule has 16 heteroatoms. The Morgan fingerprint density at radius 2 is 1.89 bits per heavy atom. The summed E-state index contributed by atoms with van der Waals surface area (Å²) >= 11 is 6.18. The number of pyridine rings is 1. The predicted molar refractivity (Wildman–Crippen MR) is 147 cm³/mol. The molecule has 2 atom stereocenters. The Morgan fingerprint density at radius 1 is 1.16 bits per heavy atom. The lowest BCUT2D eigenvalue weighted by Gasteiger charge is -2.39. The summed E-state index contributed by atoms with van der Waals surface area (Å²) in [7, 11) is 1.16. The molecule has 2 aromatic carbocycles. The third-order valence-electron chi connectivity index (χ3n) is 7.20. The van der Waals surface area contributed by atoms with Gasteiger partial charge in [-0.3, -0.25) is 4.79 Å². The van der Waals surface area contributed by atoms with Gasteiger partial charge in [0.1, 0.15) is 34.3 Å². The maximum absolute atomic E-state index is 16.4. The number of alkyl halides is 5. The molecule has 2 aromatic heterocycles. The lowest BCUT2D eigenvalue weighted by atomic mass is 9.99. The summed E-state index contributed by atoms with van der Waals surface area (Å²) in [6.45, 7) is 1.71. The fourth-order valence-corrected chi connectivity index (χ4v) is 5.63. The number of aromatic hydroxyl groups is 1. The lowest BCUT2D eigenvalue weighted by Crippen LogP contribution is -2.56. The molecule has 1 saturated heterocycles. The van der Waals surface area contributed by atoms with Gasteiger partial charge in [-0.15, -0.1) is 0 Å². The van der Waals surface area contributed by atoms with Gasteiger partial charge in [0.25, 0.3) is 6.43 Å². The number of carbonyl (C=O) groups excluding carboxylic acids is 1. The second-order valence-electron chi connectivity index (χ2n) is 10.3. The Morgan fingerprint density at radius 3 is 2.55 bits per heavy atom. The molecular formula is C28H23ClF7N5O3. The minimum absolute atomic E-state index is 0.0805. The molecule has 0 amide bonds. The molecule has 0 radical (unpaired) electrons. The zero-order valence-electron chi connectivity index (χ0n) is 22.9. The fourth-order valence-electron chi connectivity index (χ4n) is 5.36.